The van der Waals surface area contributed by atoms with Gasteiger partial charge < -0.3 is 50.5 Å². The number of nitrogens with zero attached hydrogens (tertiary/aromatic N) is 4. The lowest BCUT2D eigenvalue weighted by Gasteiger charge is -2.59. The zero-order valence-corrected chi connectivity index (χ0v) is 24.2. The Kier molecular flexibility index (Phi) is 8.41. The molecule has 0 amide bonds. The molecule has 1 fully saturated rings. The van der Waals surface area contributed by atoms with Crippen molar-refractivity contribution in [2.24, 2.45) is 4.99 Å². The topological polar surface area (TPSA) is 222 Å². The molecule has 0 aliphatic carbocycles. The third kappa shape index (κ3) is 5.37. The van der Waals surface area contributed by atoms with Crippen molar-refractivity contribution < 1.29 is 54.7 Å². The van der Waals surface area contributed by atoms with Gasteiger partial charge in [0.1, 0.15) is 35.5 Å². The van der Waals surface area contributed by atoms with Crippen LogP contribution in [0.5, 0.6) is 5.75 Å². The highest BCUT2D eigenvalue weighted by molar-refractivity contribution is 7.19. The number of hydrogen-bond acceptors (Lipinski definition) is 14. The minimum absolute atomic E-state index is 0.00159. The van der Waals surface area contributed by atoms with Crippen LogP contribution in [0.3, 0.4) is 0 Å². The first-order valence-corrected chi connectivity index (χ1v) is 13.0. The number of benzene rings is 2. The Morgan fingerprint density at radius 2 is 1.84 bits per heavy atom. The average molecular weight is 618 g/mol. The van der Waals surface area contributed by atoms with Crippen LogP contribution in [0.2, 0.25) is 0 Å². The highest BCUT2D eigenvalue weighted by Gasteiger charge is 2.70. The smallest absolute Gasteiger partial charge is 0.337 e. The van der Waals surface area contributed by atoms with E-state index in [4.69, 9.17) is 4.74 Å². The standard InChI is InChI=1S/C26H29BFN4O10P/c1-4-7-29-20(12(2)41-3)22(34)16-9-15(17(28)10-19(16)33)21-14-6-5-13(8-18(14)30-11-31-21)32-23(27,35)25(37,38)42-26(39,40)24(32,36)43/h4-11,22,33-40H,1,27,43H2,2-3H3/b20-12+,29-7-. The van der Waals surface area contributed by atoms with E-state index in [1.807, 2.05) is 0 Å². The van der Waals surface area contributed by atoms with Crippen LogP contribution < -0.4 is 4.90 Å². The van der Waals surface area contributed by atoms with E-state index in [2.05, 4.69) is 26.3 Å². The number of aliphatic imine (C=N–C) groups is 1. The van der Waals surface area contributed by atoms with Gasteiger partial charge in [0.05, 0.1) is 18.3 Å². The van der Waals surface area contributed by atoms with E-state index in [1.54, 1.807) is 9.24 Å². The Balaban J connectivity index is 1.88. The van der Waals surface area contributed by atoms with Crippen molar-refractivity contribution in [2.45, 2.75) is 36.1 Å². The molecule has 0 bridgehead atoms. The van der Waals surface area contributed by atoms with Crippen molar-refractivity contribution in [3.8, 4) is 17.0 Å². The molecule has 1 aliphatic heterocycles. The maximum atomic E-state index is 15.3. The van der Waals surface area contributed by atoms with Gasteiger partial charge in [-0.3, -0.25) is 9.73 Å². The molecular formula is C26H29BFN4O10P. The van der Waals surface area contributed by atoms with Gasteiger partial charge in [-0.25, -0.2) is 14.4 Å². The third-order valence-electron chi connectivity index (χ3n) is 6.95. The normalized spacial score (nSPS) is 24.6. The summed E-state index contributed by atoms with van der Waals surface area (Å²) < 4.78 is 24.8. The number of hydrogen-bond donors (Lipinski definition) is 8. The first kappa shape index (κ1) is 32.4. The number of phenolic OH excluding ortho intramolecular Hbond substituents is 1. The van der Waals surface area contributed by atoms with Gasteiger partial charge in [-0.2, -0.15) is 0 Å². The van der Waals surface area contributed by atoms with Crippen LogP contribution in [0.15, 0.2) is 65.8 Å². The minimum Gasteiger partial charge on any atom is -0.507 e. The summed E-state index contributed by atoms with van der Waals surface area (Å²) >= 11 is 0. The fourth-order valence-corrected chi connectivity index (χ4v) is 5.02. The quantitative estimate of drug-likeness (QED) is 0.0536. The van der Waals surface area contributed by atoms with Gasteiger partial charge in [-0.15, -0.1) is 0 Å². The number of aromatic nitrogens is 2. The summed E-state index contributed by atoms with van der Waals surface area (Å²) in [7, 11) is 3.84. The Labute approximate surface area is 246 Å². The summed E-state index contributed by atoms with van der Waals surface area (Å²) in [6.07, 6.45) is 2.17. The fourth-order valence-electron chi connectivity index (χ4n) is 4.56. The number of halogens is 1. The van der Waals surface area contributed by atoms with E-state index in [0.717, 1.165) is 20.2 Å². The van der Waals surface area contributed by atoms with Crippen LogP contribution in [0.1, 0.15) is 18.6 Å². The molecule has 14 nitrogen and oxygen atoms in total. The second-order valence-electron chi connectivity index (χ2n) is 9.78. The number of phenols is 1. The van der Waals surface area contributed by atoms with Gasteiger partial charge in [0.2, 0.25) is 5.47 Å². The average Bonchev–Trinajstić information content (AvgIpc) is 2.91. The van der Waals surface area contributed by atoms with Gasteiger partial charge >= 0.3 is 11.9 Å². The second-order valence-corrected chi connectivity index (χ2v) is 10.6. The number of ether oxygens (including phenoxy) is 2. The van der Waals surface area contributed by atoms with Crippen LogP contribution in [0.4, 0.5) is 10.1 Å². The van der Waals surface area contributed by atoms with E-state index in [1.165, 1.54) is 50.6 Å². The van der Waals surface area contributed by atoms with Crippen molar-refractivity contribution in [1.82, 2.24) is 9.97 Å². The van der Waals surface area contributed by atoms with Crippen LogP contribution in [-0.4, -0.2) is 95.0 Å². The van der Waals surface area contributed by atoms with Crippen LogP contribution in [0, 0.1) is 5.82 Å². The molecule has 17 heteroatoms. The molecule has 2 heterocycles. The first-order valence-electron chi connectivity index (χ1n) is 12.4. The third-order valence-corrected chi connectivity index (χ3v) is 7.58. The van der Waals surface area contributed by atoms with Crippen LogP contribution in [0.25, 0.3) is 22.2 Å². The fraction of sp³-hybridized carbons (Fsp3) is 0.269. The summed E-state index contributed by atoms with van der Waals surface area (Å²) in [4.78, 5) is 12.9. The van der Waals surface area contributed by atoms with Crippen molar-refractivity contribution >= 4 is 39.9 Å². The Morgan fingerprint density at radius 3 is 2.47 bits per heavy atom. The summed E-state index contributed by atoms with van der Waals surface area (Å²) in [6.45, 7) is 5.07. The first-order chi connectivity index (χ1) is 19.9. The van der Waals surface area contributed by atoms with Gasteiger partial charge in [0.15, 0.2) is 13.5 Å². The summed E-state index contributed by atoms with van der Waals surface area (Å²) in [5, 5.41) is 84.6. The Bertz CT molecular complexity index is 1620. The number of morpholine rings is 1. The highest BCUT2D eigenvalue weighted by atomic mass is 31.0. The monoisotopic (exact) mass is 618 g/mol. The Morgan fingerprint density at radius 1 is 1.16 bits per heavy atom. The molecule has 0 spiro atoms. The summed E-state index contributed by atoms with van der Waals surface area (Å²) in [6, 6.07) is 5.72. The number of aromatic hydroxyl groups is 1. The zero-order chi connectivity index (χ0) is 32.1. The van der Waals surface area contributed by atoms with Gasteiger partial charge in [0.25, 0.3) is 0 Å². The van der Waals surface area contributed by atoms with E-state index in [0.29, 0.717) is 4.90 Å². The number of fused-ring (bicyclic) bond motifs is 1. The van der Waals surface area contributed by atoms with E-state index < -0.39 is 40.7 Å². The van der Waals surface area contributed by atoms with Crippen molar-refractivity contribution in [3.05, 3.63) is 72.2 Å². The molecule has 1 aromatic heterocycles. The van der Waals surface area contributed by atoms with Gasteiger partial charge in [-0.1, -0.05) is 21.9 Å². The lowest BCUT2D eigenvalue weighted by atomic mass is 9.83. The molecule has 4 unspecified atom stereocenters. The molecule has 43 heavy (non-hydrogen) atoms. The van der Waals surface area contributed by atoms with Crippen molar-refractivity contribution in [2.75, 3.05) is 12.0 Å². The van der Waals surface area contributed by atoms with E-state index >= 15 is 4.39 Å². The molecule has 0 radical (unpaired) electrons. The SMILES string of the molecule is BC1(O)N(c2ccc3c(-c4cc(C(O)C(/N=C\C=C)=C(/C)OC)c(O)cc4F)ncnc3c2)C(O)(P)C(O)(O)OC1(O)O. The molecule has 3 aromatic rings. The predicted octanol–water partition coefficient (Wildman–Crippen LogP) is -0.777. The molecular weight excluding hydrogens is 589 g/mol. The van der Waals surface area contributed by atoms with E-state index in [9.17, 15) is 40.9 Å². The number of anilines is 1. The maximum Gasteiger partial charge on any atom is 0.337 e. The minimum atomic E-state index is -3.62. The number of methoxy groups -OCH3 is 1. The number of rotatable bonds is 7. The van der Waals surface area contributed by atoms with Crippen LogP contribution >= 0.6 is 9.24 Å². The number of aliphatic hydroxyl groups excluding tert-OH is 1. The second kappa shape index (κ2) is 11.2. The van der Waals surface area contributed by atoms with Crippen molar-refractivity contribution in [3.63, 3.8) is 0 Å². The number of aliphatic hydroxyl groups is 7. The molecule has 8 N–H and O–H groups in total. The molecule has 4 atom stereocenters. The maximum absolute atomic E-state index is 15.3. The highest BCUT2D eigenvalue weighted by Crippen LogP contribution is 2.49. The summed E-state index contributed by atoms with van der Waals surface area (Å²) in [5.74, 6) is -8.49. The summed E-state index contributed by atoms with van der Waals surface area (Å²) in [5.41, 5.74) is -6.25. The molecule has 2 aromatic carbocycles. The lowest BCUT2D eigenvalue weighted by molar-refractivity contribution is -0.537. The molecule has 1 aliphatic rings. The lowest BCUT2D eigenvalue weighted by Crippen LogP contribution is -2.83. The molecule has 1 saturated heterocycles. The van der Waals surface area contributed by atoms with Gasteiger partial charge in [-0.05, 0) is 31.2 Å². The van der Waals surface area contributed by atoms with Gasteiger partial charge in [0, 0.05) is 34.5 Å². The molecule has 228 valence electrons. The zero-order valence-electron chi connectivity index (χ0n) is 23.0. The number of allylic oxidation sites excluding steroid dienone is 2. The predicted molar refractivity (Wildman–Crippen MR) is 156 cm³/mol. The van der Waals surface area contributed by atoms with Crippen LogP contribution in [-0.2, 0) is 9.47 Å². The Hall–Kier alpha value is -3.57. The van der Waals surface area contributed by atoms with Crippen molar-refractivity contribution in [1.29, 1.82) is 0 Å². The largest absolute Gasteiger partial charge is 0.507 e. The molecule has 4 rings (SSSR count). The molecule has 0 saturated carbocycles. The van der Waals surface area contributed by atoms with E-state index in [-0.39, 0.29) is 44.9 Å².